The Balaban J connectivity index is 1.40. The Kier molecular flexibility index (Phi) is 7.21. The first-order valence-electron chi connectivity index (χ1n) is 12.8. The van der Waals surface area contributed by atoms with Gasteiger partial charge in [0.1, 0.15) is 0 Å². The highest BCUT2D eigenvalue weighted by Crippen LogP contribution is 2.30. The van der Waals surface area contributed by atoms with Crippen LogP contribution in [0.3, 0.4) is 0 Å². The van der Waals surface area contributed by atoms with E-state index in [2.05, 4.69) is 51.3 Å². The van der Waals surface area contributed by atoms with Crippen molar-refractivity contribution < 1.29 is 19.4 Å². The van der Waals surface area contributed by atoms with E-state index in [1.807, 2.05) is 37.4 Å². The Morgan fingerprint density at radius 3 is 2.38 bits per heavy atom. The third kappa shape index (κ3) is 5.35. The quantitative estimate of drug-likeness (QED) is 0.334. The van der Waals surface area contributed by atoms with Gasteiger partial charge in [-0.05, 0) is 55.4 Å². The monoisotopic (exact) mass is 497 g/mol. The Morgan fingerprint density at radius 2 is 1.70 bits per heavy atom. The van der Waals surface area contributed by atoms with E-state index >= 15 is 0 Å². The molecule has 7 heteroatoms. The van der Waals surface area contributed by atoms with Crippen LogP contribution in [0.25, 0.3) is 22.0 Å². The molecule has 2 N–H and O–H groups in total. The summed E-state index contributed by atoms with van der Waals surface area (Å²) in [5.74, 6) is -0.762. The van der Waals surface area contributed by atoms with Gasteiger partial charge in [-0.15, -0.1) is 0 Å². The maximum atomic E-state index is 13.4. The van der Waals surface area contributed by atoms with Crippen LogP contribution < -0.4 is 10.1 Å². The molecule has 0 spiro atoms. The molecule has 0 radical (unpaired) electrons. The minimum absolute atomic E-state index is 0.0429. The highest BCUT2D eigenvalue weighted by atomic mass is 16.5. The summed E-state index contributed by atoms with van der Waals surface area (Å²) >= 11 is 0. The second-order valence-corrected chi connectivity index (χ2v) is 9.54. The number of carbonyl (C=O) groups is 2. The topological polar surface area (TPSA) is 93.4 Å². The smallest absolute Gasteiger partial charge is 0.306 e. The number of aliphatic carboxylic acids is 1. The molecule has 37 heavy (non-hydrogen) atoms. The first-order chi connectivity index (χ1) is 18.0. The summed E-state index contributed by atoms with van der Waals surface area (Å²) in [6, 6.07) is 20.6. The maximum absolute atomic E-state index is 13.4. The average Bonchev–Trinajstić information content (AvgIpc) is 3.34. The Hall–Kier alpha value is -4.13. The van der Waals surface area contributed by atoms with E-state index in [1.54, 1.807) is 6.20 Å². The van der Waals surface area contributed by atoms with Gasteiger partial charge in [0, 0.05) is 25.0 Å². The van der Waals surface area contributed by atoms with Crippen molar-refractivity contribution in [1.29, 1.82) is 0 Å². The fourth-order valence-corrected chi connectivity index (χ4v) is 5.13. The van der Waals surface area contributed by atoms with Gasteiger partial charge >= 0.3 is 5.97 Å². The molecule has 0 aliphatic heterocycles. The number of hydrogen-bond acceptors (Lipinski definition) is 4. The van der Waals surface area contributed by atoms with E-state index < -0.39 is 5.97 Å². The molecule has 2 aromatic carbocycles. The summed E-state index contributed by atoms with van der Waals surface area (Å²) in [7, 11) is 0. The van der Waals surface area contributed by atoms with E-state index in [4.69, 9.17) is 4.74 Å². The predicted molar refractivity (Wildman–Crippen MR) is 143 cm³/mol. The summed E-state index contributed by atoms with van der Waals surface area (Å²) in [5, 5.41) is 13.2. The second kappa shape index (κ2) is 10.9. The molecule has 4 aromatic rings. The standard InChI is InChI=1S/C30H31N3O4/c1-2-37-29-25-16-17-33(19-20-8-10-22(11-9-20)21-6-4-3-5-7-21)27(25)26(18-31-29)28(34)32-24-14-12-23(13-15-24)30(35)36/h3-11,16-18,23-24H,2,12-15,19H2,1H3,(H,32,34)(H,35,36). The van der Waals surface area contributed by atoms with Gasteiger partial charge in [-0.1, -0.05) is 54.6 Å². The SMILES string of the molecule is CCOc1ncc(C(=O)NC2CCC(C(=O)O)CC2)c2c1ccn2Cc1ccc(-c2ccccc2)cc1. The number of amides is 1. The summed E-state index contributed by atoms with van der Waals surface area (Å²) < 4.78 is 7.82. The molecule has 1 amide bonds. The number of carboxylic acids is 1. The van der Waals surface area contributed by atoms with E-state index in [-0.39, 0.29) is 17.9 Å². The van der Waals surface area contributed by atoms with Crippen molar-refractivity contribution in [2.24, 2.45) is 5.92 Å². The summed E-state index contributed by atoms with van der Waals surface area (Å²) in [5.41, 5.74) is 4.71. The molecule has 1 aliphatic rings. The van der Waals surface area contributed by atoms with E-state index in [0.29, 0.717) is 50.3 Å². The summed E-state index contributed by atoms with van der Waals surface area (Å²) in [6.07, 6.45) is 6.02. The van der Waals surface area contributed by atoms with Crippen LogP contribution in [-0.4, -0.2) is 39.2 Å². The van der Waals surface area contributed by atoms with Crippen molar-refractivity contribution in [3.63, 3.8) is 0 Å². The van der Waals surface area contributed by atoms with Gasteiger partial charge in [-0.3, -0.25) is 9.59 Å². The minimum Gasteiger partial charge on any atom is -0.481 e. The van der Waals surface area contributed by atoms with Gasteiger partial charge in [0.15, 0.2) is 0 Å². The van der Waals surface area contributed by atoms with Crippen molar-refractivity contribution in [3.8, 4) is 17.0 Å². The first kappa shape index (κ1) is 24.6. The third-order valence-corrected chi connectivity index (χ3v) is 7.11. The number of benzene rings is 2. The molecule has 2 heterocycles. The third-order valence-electron chi connectivity index (χ3n) is 7.11. The number of pyridine rings is 1. The highest BCUT2D eigenvalue weighted by molar-refractivity contribution is 6.07. The highest BCUT2D eigenvalue weighted by Gasteiger charge is 2.28. The zero-order valence-electron chi connectivity index (χ0n) is 20.9. The van der Waals surface area contributed by atoms with Crippen LogP contribution in [0.5, 0.6) is 5.88 Å². The number of carbonyl (C=O) groups excluding carboxylic acids is 1. The molecule has 0 saturated heterocycles. The minimum atomic E-state index is -0.753. The number of rotatable bonds is 8. The van der Waals surface area contributed by atoms with Gasteiger partial charge in [0.2, 0.25) is 5.88 Å². The molecule has 190 valence electrons. The number of ether oxygens (including phenoxy) is 1. The summed E-state index contributed by atoms with van der Waals surface area (Å²) in [4.78, 5) is 29.1. The fraction of sp³-hybridized carbons (Fsp3) is 0.300. The zero-order valence-corrected chi connectivity index (χ0v) is 20.9. The van der Waals surface area contributed by atoms with Crippen LogP contribution in [-0.2, 0) is 11.3 Å². The van der Waals surface area contributed by atoms with Crippen molar-refractivity contribution >= 4 is 22.8 Å². The van der Waals surface area contributed by atoms with Gasteiger partial charge < -0.3 is 19.7 Å². The summed E-state index contributed by atoms with van der Waals surface area (Å²) in [6.45, 7) is 2.98. The van der Waals surface area contributed by atoms with Gasteiger partial charge in [0.25, 0.3) is 5.91 Å². The predicted octanol–water partition coefficient (Wildman–Crippen LogP) is 5.52. The van der Waals surface area contributed by atoms with Crippen LogP contribution in [0.4, 0.5) is 0 Å². The molecular formula is C30H31N3O4. The van der Waals surface area contributed by atoms with Crippen LogP contribution in [0.15, 0.2) is 73.1 Å². The van der Waals surface area contributed by atoms with Crippen molar-refractivity contribution in [2.75, 3.05) is 6.61 Å². The lowest BCUT2D eigenvalue weighted by Gasteiger charge is -2.27. The molecule has 0 unspecified atom stereocenters. The lowest BCUT2D eigenvalue weighted by Crippen LogP contribution is -2.39. The van der Waals surface area contributed by atoms with Gasteiger partial charge in [0.05, 0.1) is 29.0 Å². The molecule has 1 fully saturated rings. The van der Waals surface area contributed by atoms with Crippen LogP contribution >= 0.6 is 0 Å². The molecule has 1 aliphatic carbocycles. The zero-order chi connectivity index (χ0) is 25.8. The Bertz CT molecular complexity index is 1390. The van der Waals surface area contributed by atoms with Crippen LogP contribution in [0.2, 0.25) is 0 Å². The number of nitrogens with zero attached hydrogens (tertiary/aromatic N) is 2. The normalized spacial score (nSPS) is 17.4. The molecule has 0 bridgehead atoms. The molecule has 7 nitrogen and oxygen atoms in total. The lowest BCUT2D eigenvalue weighted by molar-refractivity contribution is -0.142. The average molecular weight is 498 g/mol. The van der Waals surface area contributed by atoms with E-state index in [0.717, 1.165) is 22.0 Å². The molecule has 1 saturated carbocycles. The van der Waals surface area contributed by atoms with Crippen molar-refractivity contribution in [3.05, 3.63) is 84.2 Å². The molecular weight excluding hydrogens is 466 g/mol. The fourth-order valence-electron chi connectivity index (χ4n) is 5.13. The van der Waals surface area contributed by atoms with E-state index in [1.165, 1.54) is 5.56 Å². The van der Waals surface area contributed by atoms with Crippen molar-refractivity contribution in [2.45, 2.75) is 45.2 Å². The van der Waals surface area contributed by atoms with Crippen LogP contribution in [0.1, 0.15) is 48.5 Å². The first-order valence-corrected chi connectivity index (χ1v) is 12.8. The number of hydrogen-bond donors (Lipinski definition) is 2. The molecule has 2 aromatic heterocycles. The number of nitrogens with one attached hydrogen (secondary N) is 1. The molecule has 0 atom stereocenters. The largest absolute Gasteiger partial charge is 0.481 e. The molecule has 5 rings (SSSR count). The lowest BCUT2D eigenvalue weighted by atomic mass is 9.86. The number of aromatic nitrogens is 2. The maximum Gasteiger partial charge on any atom is 0.306 e. The van der Waals surface area contributed by atoms with Crippen molar-refractivity contribution in [1.82, 2.24) is 14.9 Å². The number of carboxylic acid groups (broad SMARTS) is 1. The number of fused-ring (bicyclic) bond motifs is 1. The van der Waals surface area contributed by atoms with E-state index in [9.17, 15) is 14.7 Å². The van der Waals surface area contributed by atoms with Gasteiger partial charge in [-0.2, -0.15) is 0 Å². The second-order valence-electron chi connectivity index (χ2n) is 9.54. The Labute approximate surface area is 216 Å². The Morgan fingerprint density at radius 1 is 1.00 bits per heavy atom. The van der Waals surface area contributed by atoms with Gasteiger partial charge in [-0.25, -0.2) is 4.98 Å². The van der Waals surface area contributed by atoms with Crippen LogP contribution in [0, 0.1) is 5.92 Å².